The number of hydrogen-bond acceptors (Lipinski definition) is 4. The van der Waals surface area contributed by atoms with Crippen LogP contribution < -0.4 is 4.72 Å². The number of anilines is 1. The summed E-state index contributed by atoms with van der Waals surface area (Å²) in [4.78, 5) is 11.2. The molecule has 2 rings (SSSR count). The molecule has 0 unspecified atom stereocenters. The van der Waals surface area contributed by atoms with Gasteiger partial charge in [-0.25, -0.2) is 0 Å². The van der Waals surface area contributed by atoms with Crippen molar-refractivity contribution >= 4 is 21.7 Å². The number of aliphatic carboxylic acids is 1. The molecule has 0 atom stereocenters. The van der Waals surface area contributed by atoms with Crippen molar-refractivity contribution in [3.8, 4) is 0 Å². The van der Waals surface area contributed by atoms with E-state index in [1.165, 1.54) is 29.1 Å². The first kappa shape index (κ1) is 16.0. The molecule has 0 bridgehead atoms. The monoisotopic (exact) mass is 323 g/mol. The second kappa shape index (κ2) is 5.45. The van der Waals surface area contributed by atoms with Gasteiger partial charge < -0.3 is 5.11 Å². The Kier molecular flexibility index (Phi) is 3.97. The van der Waals surface area contributed by atoms with Gasteiger partial charge in [0, 0.05) is 18.9 Å². The van der Waals surface area contributed by atoms with Crippen molar-refractivity contribution < 1.29 is 18.3 Å². The summed E-state index contributed by atoms with van der Waals surface area (Å²) in [7, 11) is -2.13. The fraction of sp³-hybridized carbons (Fsp3) is 0.286. The van der Waals surface area contributed by atoms with Gasteiger partial charge in [0.2, 0.25) is 0 Å². The van der Waals surface area contributed by atoms with E-state index in [0.717, 1.165) is 0 Å². The highest BCUT2D eigenvalue weighted by atomic mass is 32.2. The summed E-state index contributed by atoms with van der Waals surface area (Å²) in [5.41, 5.74) is -0.116. The first-order valence-electron chi connectivity index (χ1n) is 6.49. The van der Waals surface area contributed by atoms with Crippen LogP contribution in [0.3, 0.4) is 0 Å². The third-order valence-corrected chi connectivity index (χ3v) is 4.63. The van der Waals surface area contributed by atoms with Crippen LogP contribution in [0.5, 0.6) is 0 Å². The molecule has 7 nitrogen and oxygen atoms in total. The smallest absolute Gasteiger partial charge is 0.313 e. The van der Waals surface area contributed by atoms with E-state index < -0.39 is 21.4 Å². The minimum Gasteiger partial charge on any atom is -0.481 e. The quantitative estimate of drug-likeness (QED) is 0.870. The average Bonchev–Trinajstić information content (AvgIpc) is 2.86. The van der Waals surface area contributed by atoms with Gasteiger partial charge >= 0.3 is 5.97 Å². The van der Waals surface area contributed by atoms with Crippen LogP contribution in [0.4, 0.5) is 5.69 Å². The topological polar surface area (TPSA) is 101 Å². The van der Waals surface area contributed by atoms with Gasteiger partial charge in [-0.05, 0) is 37.6 Å². The van der Waals surface area contributed by atoms with Crippen LogP contribution in [0, 0.1) is 0 Å². The molecule has 8 heteroatoms. The number of benzene rings is 1. The highest BCUT2D eigenvalue weighted by Crippen LogP contribution is 2.25. The van der Waals surface area contributed by atoms with Gasteiger partial charge in [0.15, 0.2) is 5.03 Å². The standard InChI is InChI=1S/C14H17N3O4S/c1-14(2,13(18)19)10-4-6-11(7-5-10)16-22(20,21)12-8-9-17(3)15-12/h4-9,16H,1-3H3,(H,18,19). The molecule has 0 saturated carbocycles. The Bertz CT molecular complexity index is 792. The van der Waals surface area contributed by atoms with Crippen molar-refractivity contribution in [2.75, 3.05) is 4.72 Å². The summed E-state index contributed by atoms with van der Waals surface area (Å²) in [6.45, 7) is 3.17. The van der Waals surface area contributed by atoms with Crippen LogP contribution >= 0.6 is 0 Å². The molecule has 1 aromatic heterocycles. The average molecular weight is 323 g/mol. The van der Waals surface area contributed by atoms with E-state index in [9.17, 15) is 18.3 Å². The number of nitrogens with one attached hydrogen (secondary N) is 1. The molecule has 0 aliphatic rings. The zero-order valence-electron chi connectivity index (χ0n) is 12.4. The van der Waals surface area contributed by atoms with Gasteiger partial charge in [-0.2, -0.15) is 13.5 Å². The number of carbonyl (C=O) groups is 1. The molecule has 0 amide bonds. The normalized spacial score (nSPS) is 12.1. The lowest BCUT2D eigenvalue weighted by Crippen LogP contribution is -2.28. The fourth-order valence-corrected chi connectivity index (χ4v) is 2.85. The molecule has 2 aromatic rings. The van der Waals surface area contributed by atoms with E-state index in [1.54, 1.807) is 33.0 Å². The highest BCUT2D eigenvalue weighted by Gasteiger charge is 2.29. The Morgan fingerprint density at radius 2 is 1.82 bits per heavy atom. The molecular weight excluding hydrogens is 306 g/mol. The van der Waals surface area contributed by atoms with Crippen LogP contribution in [-0.2, 0) is 27.3 Å². The summed E-state index contributed by atoms with van der Waals surface area (Å²) in [5.74, 6) is -0.950. The largest absolute Gasteiger partial charge is 0.481 e. The van der Waals surface area contributed by atoms with Gasteiger partial charge in [0.25, 0.3) is 10.0 Å². The Hall–Kier alpha value is -2.35. The third kappa shape index (κ3) is 3.11. The molecule has 0 spiro atoms. The second-order valence-corrected chi connectivity index (χ2v) is 7.07. The molecule has 0 aliphatic heterocycles. The number of carboxylic acid groups (broad SMARTS) is 1. The lowest BCUT2D eigenvalue weighted by atomic mass is 9.85. The molecule has 0 saturated heterocycles. The summed E-state index contributed by atoms with van der Waals surface area (Å²) in [6.07, 6.45) is 1.53. The Balaban J connectivity index is 2.24. The lowest BCUT2D eigenvalue weighted by Gasteiger charge is -2.19. The summed E-state index contributed by atoms with van der Waals surface area (Å²) >= 11 is 0. The van der Waals surface area contributed by atoms with E-state index in [0.29, 0.717) is 11.3 Å². The molecule has 0 radical (unpaired) electrons. The van der Waals surface area contributed by atoms with E-state index in [2.05, 4.69) is 9.82 Å². The van der Waals surface area contributed by atoms with Crippen LogP contribution in [-0.4, -0.2) is 29.3 Å². The number of sulfonamides is 1. The Labute approximate surface area is 128 Å². The second-order valence-electron chi connectivity index (χ2n) is 5.44. The van der Waals surface area contributed by atoms with Crippen LogP contribution in [0.25, 0.3) is 0 Å². The molecule has 1 aromatic carbocycles. The molecule has 0 aliphatic carbocycles. The molecule has 2 N–H and O–H groups in total. The van der Waals surface area contributed by atoms with Gasteiger partial charge in [0.1, 0.15) is 0 Å². The van der Waals surface area contributed by atoms with Crippen LogP contribution in [0.1, 0.15) is 19.4 Å². The maximum Gasteiger partial charge on any atom is 0.313 e. The van der Waals surface area contributed by atoms with Gasteiger partial charge in [0.05, 0.1) is 5.41 Å². The molecular formula is C14H17N3O4S. The summed E-state index contributed by atoms with van der Waals surface area (Å²) in [5, 5.41) is 12.9. The van der Waals surface area contributed by atoms with Gasteiger partial charge in [-0.15, -0.1) is 0 Å². The fourth-order valence-electron chi connectivity index (χ4n) is 1.82. The number of rotatable bonds is 5. The number of nitrogens with zero attached hydrogens (tertiary/aromatic N) is 2. The number of aromatic nitrogens is 2. The third-order valence-electron chi connectivity index (χ3n) is 3.36. The predicted octanol–water partition coefficient (Wildman–Crippen LogP) is 1.58. The number of carboxylic acids is 1. The minimum atomic E-state index is -3.76. The first-order valence-corrected chi connectivity index (χ1v) is 7.97. The summed E-state index contributed by atoms with van der Waals surface area (Å²) < 4.78 is 28.0. The van der Waals surface area contributed by atoms with Crippen LogP contribution in [0.15, 0.2) is 41.6 Å². The van der Waals surface area contributed by atoms with Crippen molar-refractivity contribution in [3.05, 3.63) is 42.1 Å². The SMILES string of the molecule is Cn1ccc(S(=O)(=O)Nc2ccc(C(C)(C)C(=O)O)cc2)n1. The maximum atomic E-state index is 12.1. The van der Waals surface area contributed by atoms with Crippen LogP contribution in [0.2, 0.25) is 0 Å². The Morgan fingerprint density at radius 3 is 2.27 bits per heavy atom. The van der Waals surface area contributed by atoms with Crippen molar-refractivity contribution in [1.29, 1.82) is 0 Å². The Morgan fingerprint density at radius 1 is 1.23 bits per heavy atom. The molecule has 22 heavy (non-hydrogen) atoms. The maximum absolute atomic E-state index is 12.1. The highest BCUT2D eigenvalue weighted by molar-refractivity contribution is 7.92. The zero-order valence-corrected chi connectivity index (χ0v) is 13.3. The van der Waals surface area contributed by atoms with Gasteiger partial charge in [-0.3, -0.25) is 14.2 Å². The number of aryl methyl sites for hydroxylation is 1. The van der Waals surface area contributed by atoms with Crippen molar-refractivity contribution in [3.63, 3.8) is 0 Å². The van der Waals surface area contributed by atoms with E-state index in [1.807, 2.05) is 0 Å². The molecule has 0 fully saturated rings. The zero-order chi connectivity index (χ0) is 16.5. The van der Waals surface area contributed by atoms with E-state index in [-0.39, 0.29) is 5.03 Å². The lowest BCUT2D eigenvalue weighted by molar-refractivity contribution is -0.142. The van der Waals surface area contributed by atoms with E-state index in [4.69, 9.17) is 0 Å². The predicted molar refractivity (Wildman–Crippen MR) is 81.1 cm³/mol. The van der Waals surface area contributed by atoms with Gasteiger partial charge in [-0.1, -0.05) is 12.1 Å². The molecule has 1 heterocycles. The first-order chi connectivity index (χ1) is 10.1. The van der Waals surface area contributed by atoms with E-state index >= 15 is 0 Å². The molecule has 118 valence electrons. The summed E-state index contributed by atoms with van der Waals surface area (Å²) in [6, 6.07) is 7.63. The van der Waals surface area contributed by atoms with Crippen molar-refractivity contribution in [2.24, 2.45) is 7.05 Å². The van der Waals surface area contributed by atoms with Crippen molar-refractivity contribution in [1.82, 2.24) is 9.78 Å². The number of hydrogen-bond donors (Lipinski definition) is 2. The minimum absolute atomic E-state index is 0.0788. The van der Waals surface area contributed by atoms with Crippen molar-refractivity contribution in [2.45, 2.75) is 24.3 Å².